The summed E-state index contributed by atoms with van der Waals surface area (Å²) in [6, 6.07) is 7.01. The molecule has 1 aromatic carbocycles. The Kier molecular flexibility index (Phi) is 6.54. The number of benzene rings is 1. The van der Waals surface area contributed by atoms with Crippen molar-refractivity contribution in [2.75, 3.05) is 26.2 Å². The maximum Gasteiger partial charge on any atom is 0.223 e. The number of hydrogen-bond donors (Lipinski definition) is 1. The lowest BCUT2D eigenvalue weighted by atomic mass is 10.0. The molecule has 0 saturated carbocycles. The molecule has 0 radical (unpaired) electrons. The van der Waals surface area contributed by atoms with Gasteiger partial charge in [-0.05, 0) is 30.0 Å². The van der Waals surface area contributed by atoms with Crippen molar-refractivity contribution >= 4 is 5.91 Å². The molecule has 0 unspecified atom stereocenters. The first-order valence-electron chi connectivity index (χ1n) is 8.47. The molecule has 1 heterocycles. The van der Waals surface area contributed by atoms with Crippen LogP contribution in [0.3, 0.4) is 0 Å². The van der Waals surface area contributed by atoms with Crippen molar-refractivity contribution in [1.29, 1.82) is 0 Å². The molecule has 1 aromatic rings. The van der Waals surface area contributed by atoms with Crippen molar-refractivity contribution in [3.63, 3.8) is 0 Å². The zero-order valence-electron chi connectivity index (χ0n) is 14.2. The minimum Gasteiger partial charge on any atom is -0.341 e. The van der Waals surface area contributed by atoms with Crippen molar-refractivity contribution in [1.82, 2.24) is 9.80 Å². The van der Waals surface area contributed by atoms with Crippen LogP contribution in [0.4, 0.5) is 4.39 Å². The van der Waals surface area contributed by atoms with E-state index >= 15 is 0 Å². The van der Waals surface area contributed by atoms with Crippen LogP contribution in [0.1, 0.15) is 32.3 Å². The highest BCUT2D eigenvalue weighted by Crippen LogP contribution is 2.20. The van der Waals surface area contributed by atoms with E-state index in [9.17, 15) is 9.18 Å². The van der Waals surface area contributed by atoms with Gasteiger partial charge < -0.3 is 10.6 Å². The fraction of sp³-hybridized carbons (Fsp3) is 0.611. The molecule has 0 spiro atoms. The monoisotopic (exact) mass is 321 g/mol. The van der Waals surface area contributed by atoms with Crippen LogP contribution in [0.15, 0.2) is 24.3 Å². The molecule has 2 rings (SSSR count). The Hall–Kier alpha value is -1.46. The van der Waals surface area contributed by atoms with E-state index < -0.39 is 0 Å². The molecule has 1 aliphatic rings. The normalized spacial score (nSPS) is 19.9. The van der Waals surface area contributed by atoms with Crippen LogP contribution in [0.2, 0.25) is 0 Å². The third kappa shape index (κ3) is 5.01. The second kappa shape index (κ2) is 8.41. The standard InChI is InChI=1S/C18H28FN3O/c1-14(2)17-13-22(18(23)8-9-20)11-3-10-21(17)12-15-4-6-16(19)7-5-15/h4-7,14,17H,3,8-13,20H2,1-2H3/t17-/m1/s1. The number of hydrogen-bond acceptors (Lipinski definition) is 3. The summed E-state index contributed by atoms with van der Waals surface area (Å²) in [6.45, 7) is 8.08. The van der Waals surface area contributed by atoms with Crippen molar-refractivity contribution in [3.05, 3.63) is 35.6 Å². The summed E-state index contributed by atoms with van der Waals surface area (Å²) in [5.74, 6) is 0.395. The van der Waals surface area contributed by atoms with Crippen LogP contribution in [0.25, 0.3) is 0 Å². The van der Waals surface area contributed by atoms with E-state index in [0.717, 1.165) is 38.2 Å². The number of halogens is 1. The average Bonchev–Trinajstić information content (AvgIpc) is 2.72. The zero-order chi connectivity index (χ0) is 16.8. The van der Waals surface area contributed by atoms with E-state index in [1.165, 1.54) is 12.1 Å². The van der Waals surface area contributed by atoms with Gasteiger partial charge in [0.15, 0.2) is 0 Å². The molecule has 1 saturated heterocycles. The van der Waals surface area contributed by atoms with Crippen LogP contribution in [-0.2, 0) is 11.3 Å². The maximum atomic E-state index is 13.1. The Morgan fingerprint density at radius 3 is 2.61 bits per heavy atom. The summed E-state index contributed by atoms with van der Waals surface area (Å²) in [7, 11) is 0. The van der Waals surface area contributed by atoms with Crippen molar-refractivity contribution in [3.8, 4) is 0 Å². The van der Waals surface area contributed by atoms with Crippen molar-refractivity contribution < 1.29 is 9.18 Å². The topological polar surface area (TPSA) is 49.6 Å². The second-order valence-electron chi connectivity index (χ2n) is 6.64. The first-order chi connectivity index (χ1) is 11.0. The summed E-state index contributed by atoms with van der Waals surface area (Å²) in [6.07, 6.45) is 1.38. The Morgan fingerprint density at radius 1 is 1.30 bits per heavy atom. The van der Waals surface area contributed by atoms with Gasteiger partial charge in [0, 0.05) is 45.2 Å². The van der Waals surface area contributed by atoms with E-state index in [0.29, 0.717) is 24.9 Å². The zero-order valence-corrected chi connectivity index (χ0v) is 14.2. The van der Waals surface area contributed by atoms with Crippen LogP contribution in [0.5, 0.6) is 0 Å². The molecule has 2 N–H and O–H groups in total. The van der Waals surface area contributed by atoms with Crippen molar-refractivity contribution in [2.24, 2.45) is 11.7 Å². The number of amides is 1. The number of nitrogens with zero attached hydrogens (tertiary/aromatic N) is 2. The fourth-order valence-electron chi connectivity index (χ4n) is 3.22. The number of rotatable bonds is 5. The quantitative estimate of drug-likeness (QED) is 0.905. The van der Waals surface area contributed by atoms with E-state index in [2.05, 4.69) is 18.7 Å². The SMILES string of the molecule is CC(C)[C@H]1CN(C(=O)CCN)CCCN1Cc1ccc(F)cc1. The van der Waals surface area contributed by atoms with E-state index in [1.807, 2.05) is 17.0 Å². The molecule has 128 valence electrons. The average molecular weight is 321 g/mol. The summed E-state index contributed by atoms with van der Waals surface area (Å²) < 4.78 is 13.1. The Morgan fingerprint density at radius 2 is 2.00 bits per heavy atom. The van der Waals surface area contributed by atoms with Gasteiger partial charge in [-0.1, -0.05) is 26.0 Å². The first-order valence-corrected chi connectivity index (χ1v) is 8.47. The minimum atomic E-state index is -0.205. The highest BCUT2D eigenvalue weighted by molar-refractivity contribution is 5.76. The van der Waals surface area contributed by atoms with Crippen molar-refractivity contribution in [2.45, 2.75) is 39.3 Å². The number of carbonyl (C=O) groups excluding carboxylic acids is 1. The van der Waals surface area contributed by atoms with Gasteiger partial charge in [0.25, 0.3) is 0 Å². The van der Waals surface area contributed by atoms with Gasteiger partial charge in [-0.2, -0.15) is 0 Å². The van der Waals surface area contributed by atoms with Gasteiger partial charge in [0.2, 0.25) is 5.91 Å². The highest BCUT2D eigenvalue weighted by atomic mass is 19.1. The summed E-state index contributed by atoms with van der Waals surface area (Å²) in [5, 5.41) is 0. The van der Waals surface area contributed by atoms with Crippen LogP contribution in [-0.4, -0.2) is 47.9 Å². The van der Waals surface area contributed by atoms with Crippen LogP contribution >= 0.6 is 0 Å². The lowest BCUT2D eigenvalue weighted by molar-refractivity contribution is -0.131. The number of carbonyl (C=O) groups is 1. The third-order valence-electron chi connectivity index (χ3n) is 4.53. The Labute approximate surface area is 138 Å². The molecule has 1 aliphatic heterocycles. The molecule has 23 heavy (non-hydrogen) atoms. The highest BCUT2D eigenvalue weighted by Gasteiger charge is 2.29. The van der Waals surface area contributed by atoms with E-state index in [-0.39, 0.29) is 11.7 Å². The molecule has 1 amide bonds. The number of nitrogens with two attached hydrogens (primary N) is 1. The molecule has 1 fully saturated rings. The molecule has 4 nitrogen and oxygen atoms in total. The fourth-order valence-corrected chi connectivity index (χ4v) is 3.22. The Balaban J connectivity index is 2.09. The van der Waals surface area contributed by atoms with Gasteiger partial charge in [0.05, 0.1) is 0 Å². The lowest BCUT2D eigenvalue weighted by Gasteiger charge is -2.34. The van der Waals surface area contributed by atoms with Crippen LogP contribution in [0, 0.1) is 11.7 Å². The predicted octanol–water partition coefficient (Wildman–Crippen LogP) is 2.23. The molecule has 1 atom stereocenters. The van der Waals surface area contributed by atoms with E-state index in [1.54, 1.807) is 0 Å². The Bertz CT molecular complexity index is 503. The van der Waals surface area contributed by atoms with E-state index in [4.69, 9.17) is 5.73 Å². The smallest absolute Gasteiger partial charge is 0.223 e. The molecule has 5 heteroatoms. The molecular formula is C18H28FN3O. The van der Waals surface area contributed by atoms with Gasteiger partial charge >= 0.3 is 0 Å². The summed E-state index contributed by atoms with van der Waals surface area (Å²) in [4.78, 5) is 16.6. The summed E-state index contributed by atoms with van der Waals surface area (Å²) >= 11 is 0. The lowest BCUT2D eigenvalue weighted by Crippen LogP contribution is -2.45. The molecule has 0 aliphatic carbocycles. The largest absolute Gasteiger partial charge is 0.341 e. The maximum absolute atomic E-state index is 13.1. The van der Waals surface area contributed by atoms with Gasteiger partial charge in [0.1, 0.15) is 5.82 Å². The van der Waals surface area contributed by atoms with Crippen LogP contribution < -0.4 is 5.73 Å². The first kappa shape index (κ1) is 17.9. The van der Waals surface area contributed by atoms with Gasteiger partial charge in [-0.25, -0.2) is 4.39 Å². The molecule has 0 aromatic heterocycles. The minimum absolute atomic E-state index is 0.154. The third-order valence-corrected chi connectivity index (χ3v) is 4.53. The molecule has 0 bridgehead atoms. The summed E-state index contributed by atoms with van der Waals surface area (Å²) in [5.41, 5.74) is 6.63. The second-order valence-corrected chi connectivity index (χ2v) is 6.64. The predicted molar refractivity (Wildman–Crippen MR) is 90.3 cm³/mol. The van der Waals surface area contributed by atoms with Gasteiger partial charge in [-0.15, -0.1) is 0 Å². The molecular weight excluding hydrogens is 293 g/mol. The van der Waals surface area contributed by atoms with Gasteiger partial charge in [-0.3, -0.25) is 9.69 Å².